The summed E-state index contributed by atoms with van der Waals surface area (Å²) in [4.78, 5) is 30.0. The second kappa shape index (κ2) is 8.50. The average molecular weight is 395 g/mol. The smallest absolute Gasteiger partial charge is 0.267 e. The summed E-state index contributed by atoms with van der Waals surface area (Å²) in [6, 6.07) is 17.4. The van der Waals surface area contributed by atoms with Gasteiger partial charge in [-0.3, -0.25) is 14.5 Å². The first-order valence-electron chi connectivity index (χ1n) is 9.35. The molecule has 1 aliphatic heterocycles. The summed E-state index contributed by atoms with van der Waals surface area (Å²) in [7, 11) is 0. The van der Waals surface area contributed by atoms with E-state index >= 15 is 0 Å². The molecule has 2 aromatic heterocycles. The fourth-order valence-electron chi connectivity index (χ4n) is 3.34. The second-order valence-electron chi connectivity index (χ2n) is 6.83. The monoisotopic (exact) mass is 394 g/mol. The van der Waals surface area contributed by atoms with Crippen LogP contribution in [0.5, 0.6) is 0 Å². The minimum atomic E-state index is -0.253. The molecule has 1 saturated heterocycles. The van der Waals surface area contributed by atoms with Crippen molar-refractivity contribution >= 4 is 17.2 Å². The molecule has 1 aliphatic rings. The lowest BCUT2D eigenvalue weighted by Crippen LogP contribution is -2.49. The Morgan fingerprint density at radius 2 is 1.75 bits per heavy atom. The molecule has 0 atom stereocenters. The summed E-state index contributed by atoms with van der Waals surface area (Å²) in [5.41, 5.74) is 1.75. The number of benzene rings is 1. The van der Waals surface area contributed by atoms with E-state index in [9.17, 15) is 9.59 Å². The molecule has 4 rings (SSSR count). The van der Waals surface area contributed by atoms with E-state index in [1.54, 1.807) is 17.4 Å². The maximum Gasteiger partial charge on any atom is 0.267 e. The minimum Gasteiger partial charge on any atom is -0.339 e. The van der Waals surface area contributed by atoms with E-state index in [-0.39, 0.29) is 18.0 Å². The Morgan fingerprint density at radius 1 is 0.964 bits per heavy atom. The van der Waals surface area contributed by atoms with Crippen molar-refractivity contribution in [3.05, 3.63) is 75.9 Å². The van der Waals surface area contributed by atoms with Gasteiger partial charge in [-0.15, -0.1) is 11.3 Å². The van der Waals surface area contributed by atoms with Gasteiger partial charge in [0.15, 0.2) is 0 Å². The molecule has 0 radical (unpaired) electrons. The molecule has 144 valence electrons. The largest absolute Gasteiger partial charge is 0.339 e. The van der Waals surface area contributed by atoms with Gasteiger partial charge in [-0.2, -0.15) is 5.10 Å². The van der Waals surface area contributed by atoms with Gasteiger partial charge < -0.3 is 4.90 Å². The number of carbonyl (C=O) groups is 1. The minimum absolute atomic E-state index is 0.0171. The van der Waals surface area contributed by atoms with E-state index in [1.807, 2.05) is 40.6 Å². The molecule has 7 heteroatoms. The van der Waals surface area contributed by atoms with E-state index in [0.29, 0.717) is 13.1 Å². The van der Waals surface area contributed by atoms with Gasteiger partial charge in [0.05, 0.1) is 4.88 Å². The molecule has 6 nitrogen and oxygen atoms in total. The Hall–Kier alpha value is -2.77. The highest BCUT2D eigenvalue weighted by Crippen LogP contribution is 2.21. The van der Waals surface area contributed by atoms with Crippen molar-refractivity contribution in [2.45, 2.75) is 13.1 Å². The van der Waals surface area contributed by atoms with Crippen molar-refractivity contribution in [1.82, 2.24) is 19.6 Å². The standard InChI is InChI=1S/C21H22N4O2S/c26-20-9-8-18(19-7-4-14-28-19)22-25(20)16-21(27)24-12-10-23(11-13-24)15-17-5-2-1-3-6-17/h1-9,14H,10-13,15-16H2. The van der Waals surface area contributed by atoms with E-state index in [2.05, 4.69) is 22.1 Å². The normalized spacial score (nSPS) is 14.9. The van der Waals surface area contributed by atoms with Crippen LogP contribution in [-0.4, -0.2) is 51.7 Å². The molecule has 0 bridgehead atoms. The van der Waals surface area contributed by atoms with Crippen LogP contribution in [-0.2, 0) is 17.9 Å². The van der Waals surface area contributed by atoms with Crippen LogP contribution in [0.3, 0.4) is 0 Å². The van der Waals surface area contributed by atoms with Crippen LogP contribution in [0.2, 0.25) is 0 Å². The molecule has 1 fully saturated rings. The number of thiophene rings is 1. The van der Waals surface area contributed by atoms with Crippen LogP contribution >= 0.6 is 11.3 Å². The predicted octanol–water partition coefficient (Wildman–Crippen LogP) is 2.32. The van der Waals surface area contributed by atoms with E-state index < -0.39 is 0 Å². The Balaban J connectivity index is 1.36. The number of rotatable bonds is 5. The molecule has 0 unspecified atom stereocenters. The number of carbonyl (C=O) groups excluding carboxylic acids is 1. The molecular formula is C21H22N4O2S. The van der Waals surface area contributed by atoms with Gasteiger partial charge in [0.25, 0.3) is 5.56 Å². The van der Waals surface area contributed by atoms with E-state index in [0.717, 1.165) is 30.2 Å². The zero-order valence-corrected chi connectivity index (χ0v) is 16.3. The third kappa shape index (κ3) is 4.37. The van der Waals surface area contributed by atoms with Crippen LogP contribution in [0.1, 0.15) is 5.56 Å². The lowest BCUT2D eigenvalue weighted by Gasteiger charge is -2.34. The summed E-state index contributed by atoms with van der Waals surface area (Å²) < 4.78 is 1.27. The fourth-order valence-corrected chi connectivity index (χ4v) is 4.03. The van der Waals surface area contributed by atoms with E-state index in [4.69, 9.17) is 0 Å². The first-order chi connectivity index (χ1) is 13.7. The lowest BCUT2D eigenvalue weighted by molar-refractivity contribution is -0.133. The Bertz CT molecular complexity index is 977. The second-order valence-corrected chi connectivity index (χ2v) is 7.78. The Morgan fingerprint density at radius 3 is 2.46 bits per heavy atom. The van der Waals surface area contributed by atoms with Crippen molar-refractivity contribution in [3.8, 4) is 10.6 Å². The molecule has 28 heavy (non-hydrogen) atoms. The van der Waals surface area contributed by atoms with Crippen LogP contribution < -0.4 is 5.56 Å². The summed E-state index contributed by atoms with van der Waals surface area (Å²) >= 11 is 1.56. The molecule has 0 saturated carbocycles. The van der Waals surface area contributed by atoms with Gasteiger partial charge in [0.2, 0.25) is 5.91 Å². The summed E-state index contributed by atoms with van der Waals surface area (Å²) in [5, 5.41) is 6.34. The highest BCUT2D eigenvalue weighted by atomic mass is 32.1. The fraction of sp³-hybridized carbons (Fsp3) is 0.286. The van der Waals surface area contributed by atoms with Gasteiger partial charge in [-0.25, -0.2) is 4.68 Å². The number of amides is 1. The van der Waals surface area contributed by atoms with Gasteiger partial charge in [-0.1, -0.05) is 36.4 Å². The van der Waals surface area contributed by atoms with Crippen LogP contribution in [0.4, 0.5) is 0 Å². The van der Waals surface area contributed by atoms with E-state index in [1.165, 1.54) is 16.3 Å². The number of piperazine rings is 1. The summed E-state index contributed by atoms with van der Waals surface area (Å²) in [5.74, 6) is -0.0581. The zero-order valence-electron chi connectivity index (χ0n) is 15.5. The maximum absolute atomic E-state index is 12.7. The topological polar surface area (TPSA) is 58.4 Å². The first kappa shape index (κ1) is 18.6. The molecule has 1 aromatic carbocycles. The SMILES string of the molecule is O=C(Cn1nc(-c2cccs2)ccc1=O)N1CCN(Cc2ccccc2)CC1. The molecule has 0 spiro atoms. The van der Waals surface area contributed by atoms with Crippen LogP contribution in [0.25, 0.3) is 10.6 Å². The zero-order chi connectivity index (χ0) is 19.3. The number of aromatic nitrogens is 2. The molecule has 3 aromatic rings. The van der Waals surface area contributed by atoms with Crippen LogP contribution in [0.15, 0.2) is 64.8 Å². The van der Waals surface area contributed by atoms with Crippen molar-refractivity contribution in [1.29, 1.82) is 0 Å². The number of nitrogens with zero attached hydrogens (tertiary/aromatic N) is 4. The van der Waals surface area contributed by atoms with Crippen molar-refractivity contribution in [3.63, 3.8) is 0 Å². The Labute approximate surface area is 167 Å². The van der Waals surface area contributed by atoms with Crippen molar-refractivity contribution in [2.24, 2.45) is 0 Å². The Kier molecular flexibility index (Phi) is 5.64. The van der Waals surface area contributed by atoms with Crippen molar-refractivity contribution in [2.75, 3.05) is 26.2 Å². The van der Waals surface area contributed by atoms with Gasteiger partial charge in [0, 0.05) is 38.8 Å². The third-order valence-electron chi connectivity index (χ3n) is 4.90. The predicted molar refractivity (Wildman–Crippen MR) is 110 cm³/mol. The lowest BCUT2D eigenvalue weighted by atomic mass is 10.2. The highest BCUT2D eigenvalue weighted by Gasteiger charge is 2.22. The van der Waals surface area contributed by atoms with Gasteiger partial charge in [0.1, 0.15) is 12.2 Å². The quantitative estimate of drug-likeness (QED) is 0.666. The summed E-state index contributed by atoms with van der Waals surface area (Å²) in [6.07, 6.45) is 0. The van der Waals surface area contributed by atoms with Crippen molar-refractivity contribution < 1.29 is 4.79 Å². The molecule has 0 N–H and O–H groups in total. The molecule has 1 amide bonds. The third-order valence-corrected chi connectivity index (χ3v) is 5.79. The average Bonchev–Trinajstić information content (AvgIpc) is 3.26. The van der Waals surface area contributed by atoms with Crippen LogP contribution in [0, 0.1) is 0 Å². The molecular weight excluding hydrogens is 372 g/mol. The maximum atomic E-state index is 12.7. The molecule has 3 heterocycles. The number of hydrogen-bond acceptors (Lipinski definition) is 5. The highest BCUT2D eigenvalue weighted by molar-refractivity contribution is 7.13. The number of hydrogen-bond donors (Lipinski definition) is 0. The first-order valence-corrected chi connectivity index (χ1v) is 10.2. The van der Waals surface area contributed by atoms with Gasteiger partial charge in [-0.05, 0) is 23.1 Å². The van der Waals surface area contributed by atoms with Gasteiger partial charge >= 0.3 is 0 Å². The summed E-state index contributed by atoms with van der Waals surface area (Å²) in [6.45, 7) is 3.88. The molecule has 0 aliphatic carbocycles.